The van der Waals surface area contributed by atoms with E-state index < -0.39 is 10.0 Å². The lowest BCUT2D eigenvalue weighted by Crippen LogP contribution is -2.13. The minimum atomic E-state index is -3.61. The summed E-state index contributed by atoms with van der Waals surface area (Å²) in [6.45, 7) is 1.89. The van der Waals surface area contributed by atoms with E-state index in [1.165, 1.54) is 6.07 Å². The molecule has 0 fully saturated rings. The maximum Gasteiger partial charge on any atom is 0.261 e. The number of nitrogen functional groups attached to an aromatic ring is 1. The maximum absolute atomic E-state index is 12.1. The van der Waals surface area contributed by atoms with Gasteiger partial charge in [-0.05, 0) is 37.3 Å². The second-order valence-corrected chi connectivity index (χ2v) is 6.24. The van der Waals surface area contributed by atoms with Crippen molar-refractivity contribution in [3.05, 3.63) is 53.1 Å². The Kier molecular flexibility index (Phi) is 3.68. The van der Waals surface area contributed by atoms with Crippen LogP contribution in [0, 0.1) is 6.92 Å². The first-order valence-corrected chi connectivity index (χ1v) is 7.39. The number of halogens is 1. The summed E-state index contributed by atoms with van der Waals surface area (Å²) in [5.74, 6) is 0. The fourth-order valence-electron chi connectivity index (χ4n) is 1.54. The van der Waals surface area contributed by atoms with Crippen LogP contribution >= 0.6 is 11.6 Å². The summed E-state index contributed by atoms with van der Waals surface area (Å²) in [6, 6.07) is 11.2. The van der Waals surface area contributed by atoms with Crippen molar-refractivity contribution in [2.24, 2.45) is 0 Å². The molecule has 0 atom stereocenters. The van der Waals surface area contributed by atoms with Crippen LogP contribution in [0.1, 0.15) is 5.56 Å². The summed E-state index contributed by atoms with van der Waals surface area (Å²) in [6.07, 6.45) is 0. The molecule has 0 bridgehead atoms. The van der Waals surface area contributed by atoms with Crippen LogP contribution in [-0.4, -0.2) is 8.42 Å². The van der Waals surface area contributed by atoms with Crippen molar-refractivity contribution in [2.75, 3.05) is 10.5 Å². The SMILES string of the molecule is Cc1ccc(S(=O)(=O)Nc2ccc(Cl)c(N)c2)cc1. The molecule has 4 nitrogen and oxygen atoms in total. The highest BCUT2D eigenvalue weighted by Gasteiger charge is 2.14. The predicted octanol–water partition coefficient (Wildman–Crippen LogP) is 3.03. The normalized spacial score (nSPS) is 11.3. The summed E-state index contributed by atoms with van der Waals surface area (Å²) in [4.78, 5) is 0.201. The molecule has 2 aromatic rings. The number of hydrogen-bond donors (Lipinski definition) is 2. The summed E-state index contributed by atoms with van der Waals surface area (Å²) < 4.78 is 26.7. The molecule has 100 valence electrons. The van der Waals surface area contributed by atoms with Gasteiger partial charge in [0.1, 0.15) is 0 Å². The molecule has 3 N–H and O–H groups in total. The number of nitrogens with two attached hydrogens (primary N) is 1. The van der Waals surface area contributed by atoms with Gasteiger partial charge in [-0.2, -0.15) is 0 Å². The van der Waals surface area contributed by atoms with Gasteiger partial charge in [-0.15, -0.1) is 0 Å². The topological polar surface area (TPSA) is 72.2 Å². The molecule has 0 aliphatic heterocycles. The number of hydrogen-bond acceptors (Lipinski definition) is 3. The lowest BCUT2D eigenvalue weighted by atomic mass is 10.2. The van der Waals surface area contributed by atoms with Crippen LogP contribution in [0.15, 0.2) is 47.4 Å². The van der Waals surface area contributed by atoms with Crippen molar-refractivity contribution in [1.82, 2.24) is 0 Å². The molecule has 0 aliphatic rings. The monoisotopic (exact) mass is 296 g/mol. The second kappa shape index (κ2) is 5.11. The average molecular weight is 297 g/mol. The molecule has 0 saturated heterocycles. The number of anilines is 2. The molecule has 0 aliphatic carbocycles. The highest BCUT2D eigenvalue weighted by Crippen LogP contribution is 2.24. The van der Waals surface area contributed by atoms with Gasteiger partial charge in [-0.3, -0.25) is 4.72 Å². The van der Waals surface area contributed by atoms with Gasteiger partial charge in [0, 0.05) is 0 Å². The van der Waals surface area contributed by atoms with E-state index in [0.29, 0.717) is 16.4 Å². The summed E-state index contributed by atoms with van der Waals surface area (Å²) >= 11 is 5.78. The van der Waals surface area contributed by atoms with Crippen LogP contribution < -0.4 is 10.5 Å². The van der Waals surface area contributed by atoms with E-state index in [-0.39, 0.29) is 4.90 Å². The summed E-state index contributed by atoms with van der Waals surface area (Å²) in [5.41, 5.74) is 7.33. The molecular weight excluding hydrogens is 284 g/mol. The highest BCUT2D eigenvalue weighted by atomic mass is 35.5. The third-order valence-corrected chi connectivity index (χ3v) is 4.32. The summed E-state index contributed by atoms with van der Waals surface area (Å²) in [5, 5.41) is 0.387. The van der Waals surface area contributed by atoms with Gasteiger partial charge in [0.05, 0.1) is 21.3 Å². The van der Waals surface area contributed by atoms with Crippen molar-refractivity contribution >= 4 is 33.0 Å². The molecule has 0 radical (unpaired) electrons. The van der Waals surface area contributed by atoms with Crippen molar-refractivity contribution < 1.29 is 8.42 Å². The number of sulfonamides is 1. The number of nitrogens with one attached hydrogen (secondary N) is 1. The van der Waals surface area contributed by atoms with Gasteiger partial charge in [-0.1, -0.05) is 29.3 Å². The first-order valence-electron chi connectivity index (χ1n) is 5.53. The Balaban J connectivity index is 2.30. The van der Waals surface area contributed by atoms with Gasteiger partial charge in [0.2, 0.25) is 0 Å². The fraction of sp³-hybridized carbons (Fsp3) is 0.0769. The zero-order chi connectivity index (χ0) is 14.0. The van der Waals surface area contributed by atoms with E-state index >= 15 is 0 Å². The third kappa shape index (κ3) is 3.19. The predicted molar refractivity (Wildman–Crippen MR) is 77.9 cm³/mol. The molecule has 0 aromatic heterocycles. The smallest absolute Gasteiger partial charge is 0.261 e. The number of aryl methyl sites for hydroxylation is 1. The Hall–Kier alpha value is -1.72. The third-order valence-electron chi connectivity index (χ3n) is 2.58. The second-order valence-electron chi connectivity index (χ2n) is 4.15. The number of benzene rings is 2. The molecular formula is C13H13ClN2O2S. The first kappa shape index (κ1) is 13.7. The van der Waals surface area contributed by atoms with Crippen LogP contribution in [0.25, 0.3) is 0 Å². The van der Waals surface area contributed by atoms with E-state index in [9.17, 15) is 8.42 Å². The lowest BCUT2D eigenvalue weighted by Gasteiger charge is -2.09. The molecule has 0 unspecified atom stereocenters. The van der Waals surface area contributed by atoms with Gasteiger partial charge in [0.25, 0.3) is 10.0 Å². The lowest BCUT2D eigenvalue weighted by molar-refractivity contribution is 0.601. The fourth-order valence-corrected chi connectivity index (χ4v) is 2.71. The molecule has 0 saturated carbocycles. The minimum Gasteiger partial charge on any atom is -0.397 e. The van der Waals surface area contributed by atoms with Gasteiger partial charge in [0.15, 0.2) is 0 Å². The van der Waals surface area contributed by atoms with Gasteiger partial charge >= 0.3 is 0 Å². The van der Waals surface area contributed by atoms with Crippen molar-refractivity contribution in [1.29, 1.82) is 0 Å². The standard InChI is InChI=1S/C13H13ClN2O2S/c1-9-2-5-11(6-3-9)19(17,18)16-10-4-7-12(14)13(15)8-10/h2-8,16H,15H2,1H3. The highest BCUT2D eigenvalue weighted by molar-refractivity contribution is 7.92. The van der Waals surface area contributed by atoms with Crippen molar-refractivity contribution in [2.45, 2.75) is 11.8 Å². The van der Waals surface area contributed by atoms with Crippen molar-refractivity contribution in [3.8, 4) is 0 Å². The van der Waals surface area contributed by atoms with Crippen LogP contribution in [0.3, 0.4) is 0 Å². The molecule has 0 heterocycles. The van der Waals surface area contributed by atoms with E-state index in [0.717, 1.165) is 5.56 Å². The van der Waals surface area contributed by atoms with Crippen LogP contribution in [0.4, 0.5) is 11.4 Å². The van der Waals surface area contributed by atoms with E-state index in [4.69, 9.17) is 17.3 Å². The molecule has 2 rings (SSSR count). The van der Waals surface area contributed by atoms with Crippen LogP contribution in [0.2, 0.25) is 5.02 Å². The molecule has 2 aromatic carbocycles. The van der Waals surface area contributed by atoms with Gasteiger partial charge in [-0.25, -0.2) is 8.42 Å². The number of rotatable bonds is 3. The minimum absolute atomic E-state index is 0.201. The quantitative estimate of drug-likeness (QED) is 0.855. The molecule has 0 spiro atoms. The van der Waals surface area contributed by atoms with E-state index in [1.54, 1.807) is 36.4 Å². The van der Waals surface area contributed by atoms with Crippen LogP contribution in [-0.2, 0) is 10.0 Å². The van der Waals surface area contributed by atoms with E-state index in [1.807, 2.05) is 6.92 Å². The van der Waals surface area contributed by atoms with E-state index in [2.05, 4.69) is 4.72 Å². The average Bonchev–Trinajstić information content (AvgIpc) is 2.34. The van der Waals surface area contributed by atoms with Gasteiger partial charge < -0.3 is 5.73 Å². The van der Waals surface area contributed by atoms with Crippen molar-refractivity contribution in [3.63, 3.8) is 0 Å². The Morgan fingerprint density at radius 3 is 2.32 bits per heavy atom. The zero-order valence-electron chi connectivity index (χ0n) is 10.2. The first-order chi connectivity index (χ1) is 8.88. The summed E-state index contributed by atoms with van der Waals surface area (Å²) in [7, 11) is -3.61. The zero-order valence-corrected chi connectivity index (χ0v) is 11.8. The Labute approximate surface area is 117 Å². The maximum atomic E-state index is 12.1. The Bertz CT molecular complexity index is 697. The Morgan fingerprint density at radius 2 is 1.74 bits per heavy atom. The van der Waals surface area contributed by atoms with Crippen LogP contribution in [0.5, 0.6) is 0 Å². The largest absolute Gasteiger partial charge is 0.397 e. The Morgan fingerprint density at radius 1 is 1.11 bits per heavy atom. The molecule has 19 heavy (non-hydrogen) atoms. The molecule has 6 heteroatoms. The molecule has 0 amide bonds.